The number of hydrogen-bond donors (Lipinski definition) is 2. The third-order valence-electron chi connectivity index (χ3n) is 1.07. The molecule has 0 aromatic heterocycles. The standard InChI is InChI=1S/C8H14N2O2/c1-6(2)10-7(9-3)4-5-8(11)12/h4,9H,5H2,1-3H3,(H,11,12)/b7-4-. The van der Waals surface area contributed by atoms with Crippen molar-refractivity contribution in [2.75, 3.05) is 7.05 Å². The second kappa shape index (κ2) is 5.35. The first-order valence-electron chi connectivity index (χ1n) is 3.68. The van der Waals surface area contributed by atoms with Gasteiger partial charge >= 0.3 is 5.97 Å². The molecule has 0 atom stereocenters. The van der Waals surface area contributed by atoms with Crippen molar-refractivity contribution in [3.63, 3.8) is 0 Å². The molecule has 0 aliphatic carbocycles. The summed E-state index contributed by atoms with van der Waals surface area (Å²) >= 11 is 0. The minimum absolute atomic E-state index is 0.00699. The summed E-state index contributed by atoms with van der Waals surface area (Å²) in [7, 11) is 1.71. The van der Waals surface area contributed by atoms with Crippen LogP contribution < -0.4 is 5.32 Å². The first kappa shape index (κ1) is 10.7. The number of rotatable bonds is 4. The molecule has 0 bridgehead atoms. The summed E-state index contributed by atoms with van der Waals surface area (Å²) in [4.78, 5) is 14.3. The summed E-state index contributed by atoms with van der Waals surface area (Å²) < 4.78 is 0. The van der Waals surface area contributed by atoms with Crippen LogP contribution in [0.1, 0.15) is 20.3 Å². The van der Waals surface area contributed by atoms with E-state index in [1.807, 2.05) is 13.8 Å². The van der Waals surface area contributed by atoms with E-state index in [4.69, 9.17) is 5.11 Å². The van der Waals surface area contributed by atoms with Crippen molar-refractivity contribution in [1.82, 2.24) is 5.32 Å². The second-order valence-electron chi connectivity index (χ2n) is 2.50. The molecule has 0 unspecified atom stereocenters. The van der Waals surface area contributed by atoms with Crippen molar-refractivity contribution >= 4 is 11.7 Å². The molecule has 0 spiro atoms. The number of hydrogen-bond acceptors (Lipinski definition) is 3. The Bertz CT molecular complexity index is 215. The molecule has 0 amide bonds. The van der Waals surface area contributed by atoms with Crippen LogP contribution in [-0.4, -0.2) is 23.8 Å². The Morgan fingerprint density at radius 2 is 2.17 bits per heavy atom. The van der Waals surface area contributed by atoms with Gasteiger partial charge in [-0.1, -0.05) is 0 Å². The molecule has 0 aromatic rings. The topological polar surface area (TPSA) is 61.7 Å². The molecule has 0 heterocycles. The number of carbonyl (C=O) groups is 1. The normalized spacial score (nSPS) is 10.8. The molecule has 0 aromatic carbocycles. The van der Waals surface area contributed by atoms with Crippen LogP contribution in [0, 0.1) is 0 Å². The molecular formula is C8H14N2O2. The highest BCUT2D eigenvalue weighted by Gasteiger charge is 1.94. The van der Waals surface area contributed by atoms with Gasteiger partial charge in [0.05, 0.1) is 6.42 Å². The summed E-state index contributed by atoms with van der Waals surface area (Å²) in [6.07, 6.45) is 1.53. The summed E-state index contributed by atoms with van der Waals surface area (Å²) in [5, 5.41) is 11.2. The Hall–Kier alpha value is -1.32. The van der Waals surface area contributed by atoms with Gasteiger partial charge < -0.3 is 10.4 Å². The minimum Gasteiger partial charge on any atom is -0.481 e. The molecule has 0 radical (unpaired) electrons. The maximum Gasteiger partial charge on any atom is 0.307 e. The van der Waals surface area contributed by atoms with Gasteiger partial charge in [-0.25, -0.2) is 4.99 Å². The molecule has 2 N–H and O–H groups in total. The van der Waals surface area contributed by atoms with Crippen LogP contribution in [0.25, 0.3) is 0 Å². The summed E-state index contributed by atoms with van der Waals surface area (Å²) in [6, 6.07) is 0. The maximum absolute atomic E-state index is 10.2. The molecule has 0 aliphatic heterocycles. The van der Waals surface area contributed by atoms with E-state index in [0.717, 1.165) is 5.71 Å². The quantitative estimate of drug-likeness (QED) is 0.619. The van der Waals surface area contributed by atoms with Crippen molar-refractivity contribution in [1.29, 1.82) is 0 Å². The largest absolute Gasteiger partial charge is 0.481 e. The van der Waals surface area contributed by atoms with Gasteiger partial charge in [0.1, 0.15) is 5.82 Å². The number of carboxylic acids is 1. The Kier molecular flexibility index (Phi) is 4.76. The van der Waals surface area contributed by atoms with Crippen molar-refractivity contribution in [3.8, 4) is 0 Å². The zero-order chi connectivity index (χ0) is 9.56. The maximum atomic E-state index is 10.2. The fourth-order valence-corrected chi connectivity index (χ4v) is 0.628. The number of aliphatic imine (C=N–C) groups is 1. The zero-order valence-electron chi connectivity index (χ0n) is 7.59. The van der Waals surface area contributed by atoms with E-state index < -0.39 is 5.97 Å². The second-order valence-corrected chi connectivity index (χ2v) is 2.50. The molecule has 0 saturated heterocycles. The lowest BCUT2D eigenvalue weighted by atomic mass is 10.4. The highest BCUT2D eigenvalue weighted by atomic mass is 16.4. The third-order valence-corrected chi connectivity index (χ3v) is 1.07. The Balaban J connectivity index is 4.24. The van der Waals surface area contributed by atoms with Crippen molar-refractivity contribution in [2.45, 2.75) is 20.3 Å². The smallest absolute Gasteiger partial charge is 0.307 e. The van der Waals surface area contributed by atoms with Gasteiger partial charge in [-0.2, -0.15) is 0 Å². The van der Waals surface area contributed by atoms with Crippen LogP contribution in [0.4, 0.5) is 0 Å². The number of carboxylic acid groups (broad SMARTS) is 1. The average molecular weight is 170 g/mol. The van der Waals surface area contributed by atoms with E-state index >= 15 is 0 Å². The van der Waals surface area contributed by atoms with E-state index in [2.05, 4.69) is 10.3 Å². The first-order valence-corrected chi connectivity index (χ1v) is 3.68. The van der Waals surface area contributed by atoms with Gasteiger partial charge in [-0.3, -0.25) is 4.79 Å². The highest BCUT2D eigenvalue weighted by molar-refractivity contribution is 5.80. The lowest BCUT2D eigenvalue weighted by Crippen LogP contribution is -2.06. The van der Waals surface area contributed by atoms with E-state index in [0.29, 0.717) is 5.82 Å². The summed E-state index contributed by atoms with van der Waals surface area (Å²) in [5.74, 6) is -0.260. The molecule has 0 fully saturated rings. The lowest BCUT2D eigenvalue weighted by Gasteiger charge is -1.99. The minimum atomic E-state index is -0.855. The van der Waals surface area contributed by atoms with Crippen LogP contribution in [0.15, 0.2) is 16.9 Å². The number of aliphatic carboxylic acids is 1. The molecule has 0 aliphatic rings. The van der Waals surface area contributed by atoms with Crippen LogP contribution in [0.3, 0.4) is 0 Å². The molecule has 4 nitrogen and oxygen atoms in total. The van der Waals surface area contributed by atoms with Crippen LogP contribution in [0.2, 0.25) is 0 Å². The van der Waals surface area contributed by atoms with E-state index in [1.54, 1.807) is 7.05 Å². The molecular weight excluding hydrogens is 156 g/mol. The van der Waals surface area contributed by atoms with Crippen LogP contribution in [-0.2, 0) is 4.79 Å². The van der Waals surface area contributed by atoms with Crippen molar-refractivity contribution in [2.24, 2.45) is 4.99 Å². The molecule has 4 heteroatoms. The zero-order valence-corrected chi connectivity index (χ0v) is 7.59. The Morgan fingerprint density at radius 1 is 1.58 bits per heavy atom. The van der Waals surface area contributed by atoms with E-state index in [9.17, 15) is 4.79 Å². The number of nitrogens with zero attached hydrogens (tertiary/aromatic N) is 1. The van der Waals surface area contributed by atoms with Crippen LogP contribution >= 0.6 is 0 Å². The summed E-state index contributed by atoms with van der Waals surface area (Å²) in [6.45, 7) is 3.71. The SMILES string of the molecule is CN/C(=C/CC(=O)O)N=C(C)C. The Labute approximate surface area is 72.0 Å². The third kappa shape index (κ3) is 5.46. The van der Waals surface area contributed by atoms with Gasteiger partial charge in [0, 0.05) is 12.8 Å². The van der Waals surface area contributed by atoms with Gasteiger partial charge in [0.15, 0.2) is 0 Å². The molecule has 0 rings (SSSR count). The Morgan fingerprint density at radius 3 is 2.50 bits per heavy atom. The van der Waals surface area contributed by atoms with Gasteiger partial charge in [-0.15, -0.1) is 0 Å². The summed E-state index contributed by atoms with van der Waals surface area (Å²) in [5.41, 5.74) is 0.890. The van der Waals surface area contributed by atoms with E-state index in [-0.39, 0.29) is 6.42 Å². The molecule has 68 valence electrons. The monoisotopic (exact) mass is 170 g/mol. The predicted molar refractivity (Wildman–Crippen MR) is 48.2 cm³/mol. The lowest BCUT2D eigenvalue weighted by molar-refractivity contribution is -0.136. The van der Waals surface area contributed by atoms with Crippen molar-refractivity contribution in [3.05, 3.63) is 11.9 Å². The van der Waals surface area contributed by atoms with Gasteiger partial charge in [0.25, 0.3) is 0 Å². The van der Waals surface area contributed by atoms with Gasteiger partial charge in [-0.05, 0) is 19.9 Å². The molecule has 0 saturated carbocycles. The highest BCUT2D eigenvalue weighted by Crippen LogP contribution is 1.94. The first-order chi connectivity index (χ1) is 5.56. The average Bonchev–Trinajstić information content (AvgIpc) is 1.97. The fraction of sp³-hybridized carbons (Fsp3) is 0.500. The van der Waals surface area contributed by atoms with Crippen LogP contribution in [0.5, 0.6) is 0 Å². The van der Waals surface area contributed by atoms with E-state index in [1.165, 1.54) is 6.08 Å². The predicted octanol–water partition coefficient (Wildman–Crippen LogP) is 1.00. The number of nitrogens with one attached hydrogen (secondary N) is 1. The van der Waals surface area contributed by atoms with Crippen molar-refractivity contribution < 1.29 is 9.90 Å². The molecule has 12 heavy (non-hydrogen) atoms. The fourth-order valence-electron chi connectivity index (χ4n) is 0.628. The van der Waals surface area contributed by atoms with Gasteiger partial charge in [0.2, 0.25) is 0 Å².